The fourth-order valence-corrected chi connectivity index (χ4v) is 3.01. The van der Waals surface area contributed by atoms with Crippen molar-refractivity contribution in [2.45, 2.75) is 6.42 Å². The van der Waals surface area contributed by atoms with Crippen molar-refractivity contribution in [1.82, 2.24) is 14.9 Å². The Bertz CT molecular complexity index is 637. The summed E-state index contributed by atoms with van der Waals surface area (Å²) in [5.74, 6) is 1.74. The van der Waals surface area contributed by atoms with E-state index in [-0.39, 0.29) is 0 Å². The molecular formula is C19H28N6. The predicted octanol–water partition coefficient (Wildman–Crippen LogP) is 2.17. The molecular weight excluding hydrogens is 312 g/mol. The maximum absolute atomic E-state index is 4.68. The molecule has 6 heteroatoms. The number of anilines is 3. The highest BCUT2D eigenvalue weighted by Gasteiger charge is 2.19. The molecule has 3 rings (SSSR count). The third-order valence-electron chi connectivity index (χ3n) is 4.41. The van der Waals surface area contributed by atoms with E-state index < -0.39 is 0 Å². The zero-order chi connectivity index (χ0) is 17.5. The molecule has 1 saturated heterocycles. The minimum Gasteiger partial charge on any atom is -0.370 e. The number of aromatic nitrogens is 2. The molecule has 0 bridgehead atoms. The minimum atomic E-state index is 0.824. The van der Waals surface area contributed by atoms with E-state index >= 15 is 0 Å². The first-order valence-electron chi connectivity index (χ1n) is 8.99. The van der Waals surface area contributed by atoms with E-state index in [2.05, 4.69) is 74.4 Å². The van der Waals surface area contributed by atoms with E-state index in [4.69, 9.17) is 0 Å². The first kappa shape index (κ1) is 17.5. The summed E-state index contributed by atoms with van der Waals surface area (Å²) in [4.78, 5) is 16.0. The van der Waals surface area contributed by atoms with E-state index in [0.29, 0.717) is 0 Å². The van der Waals surface area contributed by atoms with Crippen LogP contribution in [-0.2, 0) is 0 Å². The van der Waals surface area contributed by atoms with Crippen LogP contribution in [0.5, 0.6) is 0 Å². The number of hydrogen-bond donors (Lipinski definition) is 1. The second-order valence-corrected chi connectivity index (χ2v) is 6.64. The highest BCUT2D eigenvalue weighted by atomic mass is 15.3. The van der Waals surface area contributed by atoms with Crippen LogP contribution in [0.15, 0.2) is 42.6 Å². The summed E-state index contributed by atoms with van der Waals surface area (Å²) in [6.45, 7) is 5.88. The van der Waals surface area contributed by atoms with Gasteiger partial charge in [-0.3, -0.25) is 0 Å². The van der Waals surface area contributed by atoms with Crippen molar-refractivity contribution in [2.24, 2.45) is 0 Å². The second kappa shape index (κ2) is 8.67. The lowest BCUT2D eigenvalue weighted by molar-refractivity contribution is 0.405. The molecule has 1 aromatic heterocycles. The summed E-state index contributed by atoms with van der Waals surface area (Å²) in [5.41, 5.74) is 1.29. The molecule has 2 heterocycles. The van der Waals surface area contributed by atoms with Gasteiger partial charge in [-0.25, -0.2) is 4.98 Å². The molecule has 0 radical (unpaired) electrons. The Kier molecular flexibility index (Phi) is 6.06. The van der Waals surface area contributed by atoms with Gasteiger partial charge in [0.1, 0.15) is 5.82 Å². The fourth-order valence-electron chi connectivity index (χ4n) is 3.01. The Morgan fingerprint density at radius 2 is 1.72 bits per heavy atom. The zero-order valence-corrected chi connectivity index (χ0v) is 15.2. The van der Waals surface area contributed by atoms with E-state index in [1.54, 1.807) is 0 Å². The van der Waals surface area contributed by atoms with Gasteiger partial charge in [-0.1, -0.05) is 18.2 Å². The highest BCUT2D eigenvalue weighted by molar-refractivity contribution is 5.49. The Morgan fingerprint density at radius 3 is 2.44 bits per heavy atom. The number of rotatable bonds is 7. The molecule has 0 amide bonds. The van der Waals surface area contributed by atoms with Gasteiger partial charge in [0.05, 0.1) is 0 Å². The van der Waals surface area contributed by atoms with Crippen molar-refractivity contribution in [2.75, 3.05) is 68.5 Å². The minimum absolute atomic E-state index is 0.824. The maximum atomic E-state index is 4.68. The van der Waals surface area contributed by atoms with Gasteiger partial charge >= 0.3 is 0 Å². The van der Waals surface area contributed by atoms with Gasteiger partial charge in [0.2, 0.25) is 5.95 Å². The maximum Gasteiger partial charge on any atom is 0.227 e. The van der Waals surface area contributed by atoms with Gasteiger partial charge in [0, 0.05) is 44.6 Å². The molecule has 25 heavy (non-hydrogen) atoms. The van der Waals surface area contributed by atoms with E-state index in [1.807, 2.05) is 12.3 Å². The first-order chi connectivity index (χ1) is 12.2. The van der Waals surface area contributed by atoms with Gasteiger partial charge in [-0.05, 0) is 45.3 Å². The fraction of sp³-hybridized carbons (Fsp3) is 0.474. The van der Waals surface area contributed by atoms with Gasteiger partial charge < -0.3 is 20.0 Å². The van der Waals surface area contributed by atoms with Crippen LogP contribution < -0.4 is 15.1 Å². The number of nitrogens with one attached hydrogen (secondary N) is 1. The van der Waals surface area contributed by atoms with Crippen molar-refractivity contribution >= 4 is 17.5 Å². The number of benzene rings is 1. The van der Waals surface area contributed by atoms with Crippen molar-refractivity contribution in [1.29, 1.82) is 0 Å². The lowest BCUT2D eigenvalue weighted by Gasteiger charge is -2.36. The quantitative estimate of drug-likeness (QED) is 0.780. The van der Waals surface area contributed by atoms with Crippen LogP contribution >= 0.6 is 0 Å². The molecule has 0 aliphatic carbocycles. The molecule has 1 aliphatic heterocycles. The van der Waals surface area contributed by atoms with Crippen LogP contribution in [-0.4, -0.2) is 68.2 Å². The molecule has 1 aliphatic rings. The molecule has 0 unspecified atom stereocenters. The highest BCUT2D eigenvalue weighted by Crippen LogP contribution is 2.18. The summed E-state index contributed by atoms with van der Waals surface area (Å²) in [5, 5.41) is 3.40. The number of piperazine rings is 1. The summed E-state index contributed by atoms with van der Waals surface area (Å²) >= 11 is 0. The lowest BCUT2D eigenvalue weighted by Crippen LogP contribution is -2.47. The van der Waals surface area contributed by atoms with E-state index in [9.17, 15) is 0 Å². The molecule has 0 spiro atoms. The summed E-state index contributed by atoms with van der Waals surface area (Å²) < 4.78 is 0. The average Bonchev–Trinajstić information content (AvgIpc) is 2.66. The summed E-state index contributed by atoms with van der Waals surface area (Å²) in [6.07, 6.45) is 2.95. The zero-order valence-electron chi connectivity index (χ0n) is 15.2. The van der Waals surface area contributed by atoms with E-state index in [1.165, 1.54) is 5.69 Å². The van der Waals surface area contributed by atoms with Crippen LogP contribution in [0.2, 0.25) is 0 Å². The number of hydrogen-bond acceptors (Lipinski definition) is 6. The van der Waals surface area contributed by atoms with Crippen LogP contribution in [0.1, 0.15) is 6.42 Å². The molecule has 1 fully saturated rings. The SMILES string of the molecule is CN(C)CCCNc1ccnc(N2CCN(c3ccccc3)CC2)n1. The summed E-state index contributed by atoms with van der Waals surface area (Å²) in [6, 6.07) is 12.5. The summed E-state index contributed by atoms with van der Waals surface area (Å²) in [7, 11) is 4.19. The number of nitrogens with zero attached hydrogens (tertiary/aromatic N) is 5. The van der Waals surface area contributed by atoms with Gasteiger partial charge in [0.15, 0.2) is 0 Å². The molecule has 0 saturated carbocycles. The Morgan fingerprint density at radius 1 is 1.00 bits per heavy atom. The third-order valence-corrected chi connectivity index (χ3v) is 4.41. The van der Waals surface area contributed by atoms with Crippen LogP contribution in [0.3, 0.4) is 0 Å². The Labute approximate surface area is 150 Å². The molecule has 134 valence electrons. The topological polar surface area (TPSA) is 47.5 Å². The monoisotopic (exact) mass is 340 g/mol. The second-order valence-electron chi connectivity index (χ2n) is 6.64. The standard InChI is InChI=1S/C19H28N6/c1-23(2)12-6-10-20-18-9-11-21-19(22-18)25-15-13-24(14-16-25)17-7-4-3-5-8-17/h3-5,7-9,11H,6,10,12-16H2,1-2H3,(H,20,21,22). The van der Waals surface area contributed by atoms with Crippen molar-refractivity contribution in [3.05, 3.63) is 42.6 Å². The van der Waals surface area contributed by atoms with Gasteiger partial charge in [0.25, 0.3) is 0 Å². The predicted molar refractivity (Wildman–Crippen MR) is 105 cm³/mol. The first-order valence-corrected chi connectivity index (χ1v) is 8.99. The van der Waals surface area contributed by atoms with Crippen molar-refractivity contribution in [3.8, 4) is 0 Å². The largest absolute Gasteiger partial charge is 0.370 e. The van der Waals surface area contributed by atoms with Gasteiger partial charge in [-0.15, -0.1) is 0 Å². The average molecular weight is 340 g/mol. The normalized spacial score (nSPS) is 14.8. The molecule has 0 atom stereocenters. The molecule has 2 aromatic rings. The lowest BCUT2D eigenvalue weighted by atomic mass is 10.2. The van der Waals surface area contributed by atoms with Crippen molar-refractivity contribution in [3.63, 3.8) is 0 Å². The molecule has 1 aromatic carbocycles. The van der Waals surface area contributed by atoms with Crippen LogP contribution in [0.25, 0.3) is 0 Å². The molecule has 6 nitrogen and oxygen atoms in total. The third kappa shape index (κ3) is 5.06. The smallest absolute Gasteiger partial charge is 0.227 e. The Hall–Kier alpha value is -2.34. The van der Waals surface area contributed by atoms with Crippen LogP contribution in [0.4, 0.5) is 17.5 Å². The Balaban J connectivity index is 1.52. The van der Waals surface area contributed by atoms with Crippen LogP contribution in [0, 0.1) is 0 Å². The van der Waals surface area contributed by atoms with E-state index in [0.717, 1.165) is 57.5 Å². The van der Waals surface area contributed by atoms with Crippen molar-refractivity contribution < 1.29 is 0 Å². The van der Waals surface area contributed by atoms with Gasteiger partial charge in [-0.2, -0.15) is 4.98 Å². The molecule has 1 N–H and O–H groups in total. The number of para-hydroxylation sites is 1.